The number of Topliss-reactive ketones (excluding diaryl/α,β-unsaturated/α-hetero) is 1. The van der Waals surface area contributed by atoms with E-state index in [-0.39, 0.29) is 5.78 Å². The van der Waals surface area contributed by atoms with Crippen LogP contribution < -0.4 is 11.1 Å². The number of pyridine rings is 1. The van der Waals surface area contributed by atoms with Gasteiger partial charge in [0.15, 0.2) is 0 Å². The molecule has 3 aromatic carbocycles. The van der Waals surface area contributed by atoms with Crippen molar-refractivity contribution in [3.8, 4) is 11.1 Å². The zero-order valence-electron chi connectivity index (χ0n) is 27.7. The average molecular weight is 582 g/mol. The van der Waals surface area contributed by atoms with E-state index in [0.717, 1.165) is 18.8 Å². The van der Waals surface area contributed by atoms with E-state index in [1.165, 1.54) is 57.6 Å². The van der Waals surface area contributed by atoms with Crippen LogP contribution in [0.1, 0.15) is 82.9 Å². The van der Waals surface area contributed by atoms with E-state index >= 15 is 0 Å². The molecule has 0 spiro atoms. The molecule has 0 amide bonds. The summed E-state index contributed by atoms with van der Waals surface area (Å²) in [6, 6.07) is 26.4. The lowest BCUT2D eigenvalue weighted by Gasteiger charge is -2.14. The quantitative estimate of drug-likeness (QED) is 0.152. The number of ketones is 1. The van der Waals surface area contributed by atoms with Crippen molar-refractivity contribution in [2.24, 2.45) is 5.73 Å². The van der Waals surface area contributed by atoms with Crippen LogP contribution in [-0.4, -0.2) is 17.3 Å². The Bertz CT molecular complexity index is 1320. The van der Waals surface area contributed by atoms with Crippen molar-refractivity contribution in [3.63, 3.8) is 0 Å². The number of hydrogen-bond donors (Lipinski definition) is 2. The molecule has 0 radical (unpaired) electrons. The Morgan fingerprint density at radius 2 is 1.53 bits per heavy atom. The maximum Gasteiger partial charge on any atom is 0.129 e. The topological polar surface area (TPSA) is 68.0 Å². The number of rotatable bonds is 9. The number of hydrogen-bond acceptors (Lipinski definition) is 4. The highest BCUT2D eigenvalue weighted by atomic mass is 16.1. The van der Waals surface area contributed by atoms with Crippen molar-refractivity contribution in [2.75, 3.05) is 11.9 Å². The van der Waals surface area contributed by atoms with Crippen LogP contribution in [0.15, 0.2) is 105 Å². The molecular weight excluding hydrogens is 526 g/mol. The van der Waals surface area contributed by atoms with Gasteiger partial charge in [-0.2, -0.15) is 0 Å². The summed E-state index contributed by atoms with van der Waals surface area (Å²) in [5.41, 5.74) is 11.2. The van der Waals surface area contributed by atoms with Gasteiger partial charge in [-0.1, -0.05) is 94.9 Å². The minimum Gasteiger partial charge on any atom is -0.405 e. The van der Waals surface area contributed by atoms with Gasteiger partial charge in [-0.05, 0) is 103 Å². The highest BCUT2D eigenvalue weighted by Crippen LogP contribution is 2.32. The van der Waals surface area contributed by atoms with Gasteiger partial charge >= 0.3 is 0 Å². The maximum absolute atomic E-state index is 10.7. The van der Waals surface area contributed by atoms with E-state index in [1.807, 2.05) is 32.9 Å². The number of benzene rings is 3. The Labute approximate surface area is 262 Å². The summed E-state index contributed by atoms with van der Waals surface area (Å²) in [5, 5.41) is 5.83. The first-order chi connectivity index (χ1) is 20.8. The van der Waals surface area contributed by atoms with Crippen LogP contribution >= 0.6 is 0 Å². The van der Waals surface area contributed by atoms with Gasteiger partial charge < -0.3 is 15.8 Å². The molecule has 0 aliphatic heterocycles. The van der Waals surface area contributed by atoms with E-state index in [0.29, 0.717) is 12.3 Å². The number of nitrogens with one attached hydrogen (secondary N) is 1. The molecule has 0 saturated carbocycles. The van der Waals surface area contributed by atoms with Gasteiger partial charge in [0.05, 0.1) is 0 Å². The molecule has 4 rings (SSSR count). The molecule has 0 bridgehead atoms. The predicted molar refractivity (Wildman–Crippen MR) is 192 cm³/mol. The monoisotopic (exact) mass is 581 g/mol. The average Bonchev–Trinajstić information content (AvgIpc) is 3.02. The second-order valence-electron chi connectivity index (χ2n) is 9.86. The third kappa shape index (κ3) is 14.5. The Morgan fingerprint density at radius 3 is 2.09 bits per heavy atom. The van der Waals surface area contributed by atoms with Crippen molar-refractivity contribution in [3.05, 3.63) is 122 Å². The number of fused-ring (bicyclic) bond motifs is 1. The van der Waals surface area contributed by atoms with Crippen molar-refractivity contribution >= 4 is 22.4 Å². The molecule has 0 fully saturated rings. The summed E-state index contributed by atoms with van der Waals surface area (Å²) in [7, 11) is 0. The molecule has 0 unspecified atom stereocenters. The van der Waals surface area contributed by atoms with Crippen LogP contribution in [0.3, 0.4) is 0 Å². The van der Waals surface area contributed by atoms with Crippen LogP contribution in [0.25, 0.3) is 21.9 Å². The summed E-state index contributed by atoms with van der Waals surface area (Å²) in [5.74, 6) is 1.81. The smallest absolute Gasteiger partial charge is 0.129 e. The van der Waals surface area contributed by atoms with Crippen molar-refractivity contribution in [1.29, 1.82) is 0 Å². The van der Waals surface area contributed by atoms with E-state index in [2.05, 4.69) is 117 Å². The molecule has 4 nitrogen and oxygen atoms in total. The Morgan fingerprint density at radius 1 is 0.930 bits per heavy atom. The fraction of sp³-hybridized carbons (Fsp3) is 0.333. The van der Waals surface area contributed by atoms with E-state index < -0.39 is 0 Å². The SMILES string of the molecule is C=C.C=CN.CC.CC(=O)CCCNc1cc(C)ccn1.CCC(CC)c1ccc(-c2cc(C)cc3ccccc23)cc1. The minimum atomic E-state index is 0.240. The first-order valence-corrected chi connectivity index (χ1v) is 15.4. The number of carbonyl (C=O) groups is 1. The first-order valence-electron chi connectivity index (χ1n) is 15.4. The second kappa shape index (κ2) is 23.4. The fourth-order valence-corrected chi connectivity index (χ4v) is 4.58. The Kier molecular flexibility index (Phi) is 21.1. The Hall–Kier alpha value is -4.18. The van der Waals surface area contributed by atoms with E-state index in [4.69, 9.17) is 0 Å². The highest BCUT2D eigenvalue weighted by molar-refractivity contribution is 5.97. The van der Waals surface area contributed by atoms with Gasteiger partial charge in [-0.25, -0.2) is 4.98 Å². The van der Waals surface area contributed by atoms with Crippen molar-refractivity contribution in [2.45, 2.75) is 80.1 Å². The second-order valence-corrected chi connectivity index (χ2v) is 9.86. The van der Waals surface area contributed by atoms with Crippen LogP contribution in [0.4, 0.5) is 5.82 Å². The van der Waals surface area contributed by atoms with Gasteiger partial charge in [-0.3, -0.25) is 0 Å². The van der Waals surface area contributed by atoms with Crippen molar-refractivity contribution < 1.29 is 4.79 Å². The summed E-state index contributed by atoms with van der Waals surface area (Å²) >= 11 is 0. The molecule has 1 heterocycles. The lowest BCUT2D eigenvalue weighted by molar-refractivity contribution is -0.117. The molecule has 4 heteroatoms. The third-order valence-electron chi connectivity index (χ3n) is 6.61. The summed E-state index contributed by atoms with van der Waals surface area (Å²) in [6.45, 7) is 24.3. The number of nitrogens with two attached hydrogens (primary N) is 1. The van der Waals surface area contributed by atoms with Crippen molar-refractivity contribution in [1.82, 2.24) is 4.98 Å². The number of nitrogens with zero attached hydrogens (tertiary/aromatic N) is 1. The van der Waals surface area contributed by atoms with Crippen LogP contribution in [0, 0.1) is 13.8 Å². The van der Waals surface area contributed by atoms with E-state index in [9.17, 15) is 4.79 Å². The number of aryl methyl sites for hydroxylation is 2. The fourth-order valence-electron chi connectivity index (χ4n) is 4.58. The minimum absolute atomic E-state index is 0.240. The maximum atomic E-state index is 10.7. The first kappa shape index (κ1) is 38.8. The van der Waals surface area contributed by atoms with E-state index in [1.54, 1.807) is 13.1 Å². The summed E-state index contributed by atoms with van der Waals surface area (Å²) < 4.78 is 0. The predicted octanol–water partition coefficient (Wildman–Crippen LogP) is 10.8. The highest BCUT2D eigenvalue weighted by Gasteiger charge is 2.09. The van der Waals surface area contributed by atoms with Gasteiger partial charge in [0.25, 0.3) is 0 Å². The molecule has 0 aliphatic carbocycles. The van der Waals surface area contributed by atoms with Gasteiger partial charge in [0.1, 0.15) is 11.6 Å². The lowest BCUT2D eigenvalue weighted by Crippen LogP contribution is -2.04. The van der Waals surface area contributed by atoms with Gasteiger partial charge in [-0.15, -0.1) is 13.2 Å². The molecule has 0 aliphatic rings. The zero-order valence-corrected chi connectivity index (χ0v) is 27.7. The molecule has 3 N–H and O–H groups in total. The molecule has 232 valence electrons. The lowest BCUT2D eigenvalue weighted by atomic mass is 9.91. The normalized spacial score (nSPS) is 9.49. The number of anilines is 1. The third-order valence-corrected chi connectivity index (χ3v) is 6.61. The zero-order chi connectivity index (χ0) is 32.6. The van der Waals surface area contributed by atoms with Crippen LogP contribution in [0.5, 0.6) is 0 Å². The van der Waals surface area contributed by atoms with Crippen LogP contribution in [0.2, 0.25) is 0 Å². The molecule has 1 aromatic heterocycles. The number of aromatic nitrogens is 1. The van der Waals surface area contributed by atoms with Crippen LogP contribution in [-0.2, 0) is 4.79 Å². The molecular formula is C39H55N3O. The molecule has 0 saturated heterocycles. The summed E-state index contributed by atoms with van der Waals surface area (Å²) in [4.78, 5) is 14.8. The molecule has 4 aromatic rings. The molecule has 0 atom stereocenters. The Balaban J connectivity index is 0.000000724. The summed E-state index contributed by atoms with van der Waals surface area (Å²) in [6.07, 6.45) is 6.96. The number of carbonyl (C=O) groups excluding carboxylic acids is 1. The standard InChI is InChI=1S/C22H24.C11H16N2O.C2H5N.C2H6.C2H4/c1-4-17(5-2)18-10-12-19(13-11-18)22-15-16(3)14-20-8-6-7-9-21(20)22;1-9-5-7-13-11(8-9)12-6-3-4-10(2)14;1-2-3;2*1-2/h6-15,17H,4-5H2,1-3H3;5,7-8H,3-4,6H2,1-2H3,(H,12,13);2H,1,3H2;1-2H3;1-2H2. The van der Waals surface area contributed by atoms with Gasteiger partial charge in [0, 0.05) is 19.2 Å². The largest absolute Gasteiger partial charge is 0.405 e. The van der Waals surface area contributed by atoms with Gasteiger partial charge in [0.2, 0.25) is 0 Å². The molecule has 43 heavy (non-hydrogen) atoms.